The molecule has 2 aromatic carbocycles. The Bertz CT molecular complexity index is 948. The maximum Gasteiger partial charge on any atom is 0.271 e. The van der Waals surface area contributed by atoms with Crippen LogP contribution in [-0.4, -0.2) is 12.1 Å². The van der Waals surface area contributed by atoms with Crippen LogP contribution in [0.1, 0.15) is 21.7 Å². The second-order valence-electron chi connectivity index (χ2n) is 5.39. The second kappa shape index (κ2) is 7.80. The zero-order valence-corrected chi connectivity index (χ0v) is 16.5. The number of rotatable bonds is 4. The minimum atomic E-state index is -0.286. The molecule has 0 fully saturated rings. The van der Waals surface area contributed by atoms with E-state index in [1.807, 2.05) is 37.3 Å². The van der Waals surface area contributed by atoms with Crippen molar-refractivity contribution in [2.45, 2.75) is 6.92 Å². The quantitative estimate of drug-likeness (QED) is 0.409. The van der Waals surface area contributed by atoms with E-state index in [-0.39, 0.29) is 5.91 Å². The molecule has 126 valence electrons. The fourth-order valence-electron chi connectivity index (χ4n) is 2.24. The van der Waals surface area contributed by atoms with Crippen LogP contribution in [0.25, 0.3) is 11.3 Å². The Morgan fingerprint density at radius 3 is 2.72 bits per heavy atom. The average Bonchev–Trinajstić information content (AvgIpc) is 3.03. The van der Waals surface area contributed by atoms with E-state index < -0.39 is 0 Å². The number of nitrogens with zero attached hydrogens (tertiary/aromatic N) is 1. The van der Waals surface area contributed by atoms with Crippen LogP contribution < -0.4 is 5.43 Å². The molecule has 0 unspecified atom stereocenters. The van der Waals surface area contributed by atoms with Gasteiger partial charge in [0.15, 0.2) is 0 Å². The topological polar surface area (TPSA) is 54.6 Å². The van der Waals surface area contributed by atoms with Gasteiger partial charge in [-0.15, -0.1) is 0 Å². The number of benzene rings is 2. The van der Waals surface area contributed by atoms with E-state index in [1.54, 1.807) is 24.3 Å². The lowest BCUT2D eigenvalue weighted by atomic mass is 10.1. The summed E-state index contributed by atoms with van der Waals surface area (Å²) in [5.74, 6) is 0.995. The number of nitrogens with one attached hydrogen (secondary N) is 1. The van der Waals surface area contributed by atoms with Gasteiger partial charge in [-0.05, 0) is 55.0 Å². The molecule has 1 N–H and O–H groups in total. The van der Waals surface area contributed by atoms with Crippen LogP contribution >= 0.6 is 31.9 Å². The summed E-state index contributed by atoms with van der Waals surface area (Å²) in [5.41, 5.74) is 5.13. The SMILES string of the molecule is Cc1ccc(-c2ccc(/C=N\NC(=O)c3cccc(Br)c3)o2)c(Br)c1. The average molecular weight is 462 g/mol. The largest absolute Gasteiger partial charge is 0.455 e. The first-order valence-electron chi connectivity index (χ1n) is 7.48. The minimum absolute atomic E-state index is 0.286. The van der Waals surface area contributed by atoms with Gasteiger partial charge in [-0.25, -0.2) is 5.43 Å². The first-order chi connectivity index (χ1) is 12.0. The zero-order chi connectivity index (χ0) is 17.8. The van der Waals surface area contributed by atoms with E-state index in [4.69, 9.17) is 4.42 Å². The van der Waals surface area contributed by atoms with E-state index in [2.05, 4.69) is 42.4 Å². The molecule has 0 atom stereocenters. The number of hydrogen-bond acceptors (Lipinski definition) is 3. The van der Waals surface area contributed by atoms with Crippen molar-refractivity contribution in [1.82, 2.24) is 5.43 Å². The first-order valence-corrected chi connectivity index (χ1v) is 9.07. The Morgan fingerprint density at radius 1 is 1.12 bits per heavy atom. The highest BCUT2D eigenvalue weighted by Gasteiger charge is 2.08. The zero-order valence-electron chi connectivity index (χ0n) is 13.3. The van der Waals surface area contributed by atoms with Gasteiger partial charge in [0.25, 0.3) is 5.91 Å². The molecule has 1 amide bonds. The van der Waals surface area contributed by atoms with Crippen LogP contribution in [0.4, 0.5) is 0 Å². The lowest BCUT2D eigenvalue weighted by Gasteiger charge is -2.02. The van der Waals surface area contributed by atoms with Crippen LogP contribution in [0.15, 0.2) is 73.1 Å². The number of carbonyl (C=O) groups excluding carboxylic acids is 1. The molecular formula is C19H14Br2N2O2. The molecule has 0 bridgehead atoms. The molecule has 0 aliphatic rings. The molecule has 0 spiro atoms. The highest BCUT2D eigenvalue weighted by molar-refractivity contribution is 9.10. The molecule has 25 heavy (non-hydrogen) atoms. The van der Waals surface area contributed by atoms with Crippen molar-refractivity contribution in [2.24, 2.45) is 5.10 Å². The van der Waals surface area contributed by atoms with E-state index in [9.17, 15) is 4.79 Å². The highest BCUT2D eigenvalue weighted by atomic mass is 79.9. The van der Waals surface area contributed by atoms with Gasteiger partial charge in [-0.3, -0.25) is 4.79 Å². The summed E-state index contributed by atoms with van der Waals surface area (Å²) in [6.45, 7) is 2.03. The summed E-state index contributed by atoms with van der Waals surface area (Å²) < 4.78 is 7.56. The van der Waals surface area contributed by atoms with E-state index in [0.29, 0.717) is 11.3 Å². The number of carbonyl (C=O) groups is 1. The number of halogens is 2. The van der Waals surface area contributed by atoms with Crippen LogP contribution in [0.3, 0.4) is 0 Å². The summed E-state index contributed by atoms with van der Waals surface area (Å²) in [6, 6.07) is 16.8. The molecule has 0 aliphatic carbocycles. The van der Waals surface area contributed by atoms with E-state index in [1.165, 1.54) is 11.8 Å². The molecule has 0 radical (unpaired) electrons. The molecular weight excluding hydrogens is 448 g/mol. The second-order valence-corrected chi connectivity index (χ2v) is 7.16. The maximum absolute atomic E-state index is 12.0. The van der Waals surface area contributed by atoms with Gasteiger partial charge in [0.2, 0.25) is 0 Å². The highest BCUT2D eigenvalue weighted by Crippen LogP contribution is 2.30. The summed E-state index contributed by atoms with van der Waals surface area (Å²) in [5, 5.41) is 3.95. The first kappa shape index (κ1) is 17.6. The normalized spacial score (nSPS) is 11.0. The smallest absolute Gasteiger partial charge is 0.271 e. The Labute approximate surface area is 162 Å². The minimum Gasteiger partial charge on any atom is -0.455 e. The third kappa shape index (κ3) is 4.46. The number of amides is 1. The van der Waals surface area contributed by atoms with Crippen molar-refractivity contribution in [2.75, 3.05) is 0 Å². The van der Waals surface area contributed by atoms with Gasteiger partial charge >= 0.3 is 0 Å². The summed E-state index contributed by atoms with van der Waals surface area (Å²) in [7, 11) is 0. The fourth-order valence-corrected chi connectivity index (χ4v) is 3.32. The van der Waals surface area contributed by atoms with Crippen molar-refractivity contribution >= 4 is 44.0 Å². The van der Waals surface area contributed by atoms with Crippen LogP contribution in [0.5, 0.6) is 0 Å². The molecule has 6 heteroatoms. The lowest BCUT2D eigenvalue weighted by Crippen LogP contribution is -2.17. The van der Waals surface area contributed by atoms with Crippen molar-refractivity contribution in [3.8, 4) is 11.3 Å². The lowest BCUT2D eigenvalue weighted by molar-refractivity contribution is 0.0955. The molecule has 0 saturated carbocycles. The molecule has 1 heterocycles. The molecule has 3 rings (SSSR count). The van der Waals surface area contributed by atoms with Gasteiger partial charge in [0, 0.05) is 20.1 Å². The third-order valence-electron chi connectivity index (χ3n) is 3.46. The summed E-state index contributed by atoms with van der Waals surface area (Å²) in [6.07, 6.45) is 1.47. The van der Waals surface area contributed by atoms with E-state index >= 15 is 0 Å². The van der Waals surface area contributed by atoms with Crippen molar-refractivity contribution < 1.29 is 9.21 Å². The molecule has 4 nitrogen and oxygen atoms in total. The molecule has 0 aliphatic heterocycles. The fraction of sp³-hybridized carbons (Fsp3) is 0.0526. The Morgan fingerprint density at radius 2 is 1.96 bits per heavy atom. The van der Waals surface area contributed by atoms with Crippen molar-refractivity contribution in [3.63, 3.8) is 0 Å². The Balaban J connectivity index is 1.69. The Kier molecular flexibility index (Phi) is 5.50. The number of furan rings is 1. The van der Waals surface area contributed by atoms with Gasteiger partial charge in [0.1, 0.15) is 11.5 Å². The predicted octanol–water partition coefficient (Wildman–Crippen LogP) is 5.54. The molecule has 3 aromatic rings. The van der Waals surface area contributed by atoms with Gasteiger partial charge in [-0.1, -0.05) is 44.0 Å². The number of hydrazone groups is 1. The maximum atomic E-state index is 12.0. The number of aryl methyl sites for hydroxylation is 1. The van der Waals surface area contributed by atoms with Crippen molar-refractivity contribution in [1.29, 1.82) is 0 Å². The third-order valence-corrected chi connectivity index (χ3v) is 4.61. The van der Waals surface area contributed by atoms with E-state index in [0.717, 1.165) is 20.3 Å². The van der Waals surface area contributed by atoms with Crippen LogP contribution in [0, 0.1) is 6.92 Å². The van der Waals surface area contributed by atoms with Gasteiger partial charge < -0.3 is 4.42 Å². The van der Waals surface area contributed by atoms with Crippen LogP contribution in [0.2, 0.25) is 0 Å². The van der Waals surface area contributed by atoms with Crippen molar-refractivity contribution in [3.05, 3.63) is 80.4 Å². The summed E-state index contributed by atoms with van der Waals surface area (Å²) in [4.78, 5) is 12.0. The summed E-state index contributed by atoms with van der Waals surface area (Å²) >= 11 is 6.88. The van der Waals surface area contributed by atoms with Gasteiger partial charge in [0.05, 0.1) is 6.21 Å². The standard InChI is InChI=1S/C19H14Br2N2O2/c1-12-5-7-16(17(21)9-12)18-8-6-15(25-18)11-22-23-19(24)13-3-2-4-14(20)10-13/h2-11H,1H3,(H,23,24)/b22-11-. The number of hydrogen-bond donors (Lipinski definition) is 1. The predicted molar refractivity (Wildman–Crippen MR) is 106 cm³/mol. The van der Waals surface area contributed by atoms with Gasteiger partial charge in [-0.2, -0.15) is 5.10 Å². The monoisotopic (exact) mass is 460 g/mol. The Hall–Kier alpha value is -2.18. The van der Waals surface area contributed by atoms with Crippen LogP contribution in [-0.2, 0) is 0 Å². The molecule has 1 aromatic heterocycles. The molecule has 0 saturated heterocycles.